The molecule has 3 aromatic carbocycles. The number of carboxylic acid groups (broad SMARTS) is 1. The Kier molecular flexibility index (Phi) is 7.00. The molecule has 4 rings (SSSR count). The van der Waals surface area contributed by atoms with Crippen LogP contribution >= 0.6 is 23.2 Å². The summed E-state index contributed by atoms with van der Waals surface area (Å²) in [5.74, 6) is -0.269. The van der Waals surface area contributed by atoms with Crippen LogP contribution in [0.4, 0.5) is 0 Å². The van der Waals surface area contributed by atoms with E-state index in [1.165, 1.54) is 0 Å². The molecular formula is C25H22Cl2N2O3. The first-order chi connectivity index (χ1) is 15.5. The van der Waals surface area contributed by atoms with Gasteiger partial charge in [-0.05, 0) is 47.5 Å². The highest BCUT2D eigenvalue weighted by Gasteiger charge is 2.20. The van der Waals surface area contributed by atoms with E-state index in [0.717, 1.165) is 27.6 Å². The summed E-state index contributed by atoms with van der Waals surface area (Å²) in [5.41, 5.74) is 3.70. The van der Waals surface area contributed by atoms with E-state index in [9.17, 15) is 9.90 Å². The van der Waals surface area contributed by atoms with Crippen molar-refractivity contribution in [2.24, 2.45) is 0 Å². The monoisotopic (exact) mass is 468 g/mol. The van der Waals surface area contributed by atoms with Gasteiger partial charge in [0.2, 0.25) is 0 Å². The van der Waals surface area contributed by atoms with Crippen LogP contribution in [0.5, 0.6) is 5.75 Å². The standard InChI is InChI=1S/C25H22Cl2N2O3/c26-19-7-5-16(6-8-19)15-32-24-10-9-20(27)11-18(24)14-29-23(25(30)31)12-17-13-28-22-4-2-1-3-21(17)22/h1-11,13,23,28-29H,12,14-15H2,(H,30,31)/t23-/m0/s1. The number of carbonyl (C=O) groups is 1. The van der Waals surface area contributed by atoms with Crippen LogP contribution in [0, 0.1) is 0 Å². The molecule has 0 radical (unpaired) electrons. The molecule has 5 nitrogen and oxygen atoms in total. The summed E-state index contributed by atoms with van der Waals surface area (Å²) in [6.07, 6.45) is 2.21. The summed E-state index contributed by atoms with van der Waals surface area (Å²) in [7, 11) is 0. The van der Waals surface area contributed by atoms with Crippen LogP contribution in [0.3, 0.4) is 0 Å². The number of halogens is 2. The SMILES string of the molecule is O=C(O)[C@H](Cc1c[nH]c2ccccc12)NCc1cc(Cl)ccc1OCc1ccc(Cl)cc1. The summed E-state index contributed by atoms with van der Waals surface area (Å²) in [5, 5.41) is 15.2. The molecule has 0 aliphatic heterocycles. The second-order valence-electron chi connectivity index (χ2n) is 7.50. The van der Waals surface area contributed by atoms with E-state index < -0.39 is 12.0 Å². The lowest BCUT2D eigenvalue weighted by atomic mass is 10.0. The number of aromatic amines is 1. The summed E-state index contributed by atoms with van der Waals surface area (Å²) in [6, 6.07) is 19.8. The van der Waals surface area contributed by atoms with Gasteiger partial charge in [-0.25, -0.2) is 0 Å². The highest BCUT2D eigenvalue weighted by Crippen LogP contribution is 2.25. The molecule has 0 spiro atoms. The average molecular weight is 469 g/mol. The number of carboxylic acids is 1. The molecule has 0 saturated carbocycles. The Balaban J connectivity index is 1.46. The van der Waals surface area contributed by atoms with Crippen molar-refractivity contribution in [3.05, 3.63) is 99.7 Å². The number of rotatable bonds is 9. The number of hydrogen-bond acceptors (Lipinski definition) is 3. The average Bonchev–Trinajstić information content (AvgIpc) is 3.19. The van der Waals surface area contributed by atoms with E-state index in [0.29, 0.717) is 35.4 Å². The maximum absolute atomic E-state index is 11.9. The minimum Gasteiger partial charge on any atom is -0.489 e. The Labute approximate surface area is 195 Å². The number of aliphatic carboxylic acids is 1. The maximum atomic E-state index is 11.9. The molecule has 1 heterocycles. The molecule has 7 heteroatoms. The topological polar surface area (TPSA) is 74.3 Å². The molecular weight excluding hydrogens is 447 g/mol. The van der Waals surface area contributed by atoms with Gasteiger partial charge in [-0.15, -0.1) is 0 Å². The molecule has 0 saturated heterocycles. The lowest BCUT2D eigenvalue weighted by Gasteiger charge is -2.17. The smallest absolute Gasteiger partial charge is 0.321 e. The first-order valence-electron chi connectivity index (χ1n) is 10.2. The third kappa shape index (κ3) is 5.43. The molecule has 4 aromatic rings. The number of H-pyrrole nitrogens is 1. The van der Waals surface area contributed by atoms with E-state index in [2.05, 4.69) is 10.3 Å². The van der Waals surface area contributed by atoms with Crippen LogP contribution in [0.2, 0.25) is 10.0 Å². The van der Waals surface area contributed by atoms with Gasteiger partial charge in [0.25, 0.3) is 0 Å². The molecule has 1 atom stereocenters. The van der Waals surface area contributed by atoms with E-state index in [4.69, 9.17) is 27.9 Å². The van der Waals surface area contributed by atoms with Crippen molar-refractivity contribution >= 4 is 40.1 Å². The number of benzene rings is 3. The van der Waals surface area contributed by atoms with Crippen LogP contribution in [-0.4, -0.2) is 22.1 Å². The summed E-state index contributed by atoms with van der Waals surface area (Å²) < 4.78 is 5.98. The molecule has 0 unspecified atom stereocenters. The van der Waals surface area contributed by atoms with Crippen LogP contribution in [0.15, 0.2) is 72.9 Å². The quantitative estimate of drug-likeness (QED) is 0.288. The highest BCUT2D eigenvalue weighted by atomic mass is 35.5. The van der Waals surface area contributed by atoms with Gasteiger partial charge in [-0.3, -0.25) is 10.1 Å². The van der Waals surface area contributed by atoms with Gasteiger partial charge >= 0.3 is 5.97 Å². The Morgan fingerprint density at radius 2 is 1.75 bits per heavy atom. The Bertz CT molecular complexity index is 1220. The predicted molar refractivity (Wildman–Crippen MR) is 128 cm³/mol. The molecule has 3 N–H and O–H groups in total. The van der Waals surface area contributed by atoms with E-state index in [1.807, 2.05) is 54.7 Å². The van der Waals surface area contributed by atoms with Gasteiger partial charge in [0.1, 0.15) is 18.4 Å². The first kappa shape index (κ1) is 22.2. The fourth-order valence-electron chi connectivity index (χ4n) is 3.57. The number of nitrogens with one attached hydrogen (secondary N) is 2. The number of ether oxygens (including phenoxy) is 1. The van der Waals surface area contributed by atoms with Crippen LogP contribution in [0.1, 0.15) is 16.7 Å². The third-order valence-electron chi connectivity index (χ3n) is 5.27. The van der Waals surface area contributed by atoms with Gasteiger partial charge < -0.3 is 14.8 Å². The summed E-state index contributed by atoms with van der Waals surface area (Å²) in [4.78, 5) is 15.1. The lowest BCUT2D eigenvalue weighted by Crippen LogP contribution is -2.38. The number of fused-ring (bicyclic) bond motifs is 1. The van der Waals surface area contributed by atoms with Crippen LogP contribution in [-0.2, 0) is 24.4 Å². The number of hydrogen-bond donors (Lipinski definition) is 3. The second kappa shape index (κ2) is 10.1. The van der Waals surface area contributed by atoms with Gasteiger partial charge in [-0.1, -0.05) is 53.5 Å². The molecule has 0 fully saturated rings. The highest BCUT2D eigenvalue weighted by molar-refractivity contribution is 6.30. The largest absolute Gasteiger partial charge is 0.489 e. The molecule has 1 aromatic heterocycles. The van der Waals surface area contributed by atoms with Crippen molar-refractivity contribution in [3.63, 3.8) is 0 Å². The zero-order chi connectivity index (χ0) is 22.5. The van der Waals surface area contributed by atoms with Crippen molar-refractivity contribution in [2.45, 2.75) is 25.6 Å². The molecule has 0 bridgehead atoms. The molecule has 164 valence electrons. The number of aromatic nitrogens is 1. The minimum absolute atomic E-state index is 0.301. The van der Waals surface area contributed by atoms with Crippen LogP contribution < -0.4 is 10.1 Å². The van der Waals surface area contributed by atoms with Crippen molar-refractivity contribution in [1.82, 2.24) is 10.3 Å². The van der Waals surface area contributed by atoms with Crippen LogP contribution in [0.25, 0.3) is 10.9 Å². The lowest BCUT2D eigenvalue weighted by molar-refractivity contribution is -0.139. The van der Waals surface area contributed by atoms with Gasteiger partial charge in [0.05, 0.1) is 0 Å². The fraction of sp³-hybridized carbons (Fsp3) is 0.160. The van der Waals surface area contributed by atoms with Crippen molar-refractivity contribution < 1.29 is 14.6 Å². The van der Waals surface area contributed by atoms with E-state index >= 15 is 0 Å². The molecule has 32 heavy (non-hydrogen) atoms. The van der Waals surface area contributed by atoms with Crippen molar-refractivity contribution in [2.75, 3.05) is 0 Å². The van der Waals surface area contributed by atoms with Crippen molar-refractivity contribution in [3.8, 4) is 5.75 Å². The summed E-state index contributed by atoms with van der Waals surface area (Å²) >= 11 is 12.1. The van der Waals surface area contributed by atoms with Gasteiger partial charge in [0, 0.05) is 45.7 Å². The first-order valence-corrected chi connectivity index (χ1v) is 10.9. The predicted octanol–water partition coefficient (Wildman–Crippen LogP) is 5.84. The normalized spacial score (nSPS) is 12.1. The Hall–Kier alpha value is -2.99. The minimum atomic E-state index is -0.916. The maximum Gasteiger partial charge on any atom is 0.321 e. The Morgan fingerprint density at radius 3 is 2.53 bits per heavy atom. The summed E-state index contributed by atoms with van der Waals surface area (Å²) in [6.45, 7) is 0.666. The van der Waals surface area contributed by atoms with E-state index in [-0.39, 0.29) is 0 Å². The van der Waals surface area contributed by atoms with E-state index in [1.54, 1.807) is 18.2 Å². The fourth-order valence-corrected chi connectivity index (χ4v) is 3.89. The third-order valence-corrected chi connectivity index (χ3v) is 5.75. The second-order valence-corrected chi connectivity index (χ2v) is 8.38. The Morgan fingerprint density at radius 1 is 1.00 bits per heavy atom. The molecule has 0 aliphatic rings. The van der Waals surface area contributed by atoms with Gasteiger partial charge in [-0.2, -0.15) is 0 Å². The number of para-hydroxylation sites is 1. The van der Waals surface area contributed by atoms with Gasteiger partial charge in [0.15, 0.2) is 0 Å². The molecule has 0 aliphatic carbocycles. The zero-order valence-corrected chi connectivity index (χ0v) is 18.7. The molecule has 0 amide bonds. The van der Waals surface area contributed by atoms with Crippen molar-refractivity contribution in [1.29, 1.82) is 0 Å². The zero-order valence-electron chi connectivity index (χ0n) is 17.1.